The summed E-state index contributed by atoms with van der Waals surface area (Å²) in [7, 11) is 0. The van der Waals surface area contributed by atoms with E-state index < -0.39 is 6.09 Å². The van der Waals surface area contributed by atoms with E-state index in [-0.39, 0.29) is 0 Å². The Kier molecular flexibility index (Phi) is 3.85. The zero-order chi connectivity index (χ0) is 14.7. The summed E-state index contributed by atoms with van der Waals surface area (Å²) in [6.07, 6.45) is 2.30. The van der Waals surface area contributed by atoms with Crippen molar-refractivity contribution in [1.29, 1.82) is 0 Å². The van der Waals surface area contributed by atoms with Crippen LogP contribution in [0, 0.1) is 0 Å². The van der Waals surface area contributed by atoms with Gasteiger partial charge in [0.1, 0.15) is 0 Å². The van der Waals surface area contributed by atoms with Crippen molar-refractivity contribution in [2.45, 2.75) is 32.1 Å². The summed E-state index contributed by atoms with van der Waals surface area (Å²) in [6.45, 7) is 2.10. The van der Waals surface area contributed by atoms with Gasteiger partial charge in [0.05, 0.1) is 13.0 Å². The van der Waals surface area contributed by atoms with Gasteiger partial charge >= 0.3 is 6.09 Å². The molecule has 1 heterocycles. The number of benzene rings is 1. The first-order valence-corrected chi connectivity index (χ1v) is 7.10. The van der Waals surface area contributed by atoms with Crippen molar-refractivity contribution in [3.63, 3.8) is 0 Å². The molecule has 0 radical (unpaired) electrons. The fourth-order valence-corrected chi connectivity index (χ4v) is 2.08. The van der Waals surface area contributed by atoms with Gasteiger partial charge in [0.2, 0.25) is 5.89 Å². The zero-order valence-electron chi connectivity index (χ0n) is 11.8. The van der Waals surface area contributed by atoms with E-state index in [4.69, 9.17) is 9.26 Å². The summed E-state index contributed by atoms with van der Waals surface area (Å²) in [6, 6.07) is 7.51. The van der Waals surface area contributed by atoms with Crippen molar-refractivity contribution in [2.24, 2.45) is 0 Å². The van der Waals surface area contributed by atoms with Gasteiger partial charge in [-0.1, -0.05) is 23.4 Å². The molecule has 0 spiro atoms. The van der Waals surface area contributed by atoms with Crippen molar-refractivity contribution in [3.8, 4) is 0 Å². The molecule has 3 rings (SSSR count). The van der Waals surface area contributed by atoms with E-state index in [0.717, 1.165) is 24.2 Å². The van der Waals surface area contributed by atoms with Crippen LogP contribution >= 0.6 is 0 Å². The topological polar surface area (TPSA) is 77.2 Å². The van der Waals surface area contributed by atoms with E-state index in [1.54, 1.807) is 6.92 Å². The Morgan fingerprint density at radius 2 is 2.24 bits per heavy atom. The van der Waals surface area contributed by atoms with Gasteiger partial charge in [-0.05, 0) is 31.4 Å². The van der Waals surface area contributed by atoms with Crippen LogP contribution in [0.2, 0.25) is 0 Å². The Balaban J connectivity index is 1.72. The van der Waals surface area contributed by atoms with Crippen LogP contribution < -0.4 is 5.32 Å². The van der Waals surface area contributed by atoms with Gasteiger partial charge in [0.25, 0.3) is 0 Å². The van der Waals surface area contributed by atoms with Crippen LogP contribution in [-0.2, 0) is 11.2 Å². The molecular weight excluding hydrogens is 270 g/mol. The van der Waals surface area contributed by atoms with Crippen molar-refractivity contribution < 1.29 is 14.1 Å². The number of anilines is 1. The summed E-state index contributed by atoms with van der Waals surface area (Å²) in [5.41, 5.74) is 1.61. The number of aromatic nitrogens is 2. The molecule has 1 aliphatic rings. The number of nitrogens with zero attached hydrogens (tertiary/aromatic N) is 2. The third kappa shape index (κ3) is 3.39. The highest BCUT2D eigenvalue weighted by Gasteiger charge is 2.28. The van der Waals surface area contributed by atoms with Gasteiger partial charge in [-0.3, -0.25) is 5.32 Å². The van der Waals surface area contributed by atoms with Crippen LogP contribution in [0.25, 0.3) is 0 Å². The van der Waals surface area contributed by atoms with E-state index in [0.29, 0.717) is 30.5 Å². The first-order valence-electron chi connectivity index (χ1n) is 7.10. The minimum absolute atomic E-state index is 0.336. The maximum Gasteiger partial charge on any atom is 0.411 e. The minimum atomic E-state index is -0.464. The predicted molar refractivity (Wildman–Crippen MR) is 76.2 cm³/mol. The number of ether oxygens (including phenoxy) is 1. The highest BCUT2D eigenvalue weighted by Crippen LogP contribution is 2.38. The van der Waals surface area contributed by atoms with Crippen LogP contribution in [0.5, 0.6) is 0 Å². The number of hydrogen-bond acceptors (Lipinski definition) is 5. The molecule has 1 aromatic carbocycles. The molecule has 0 aliphatic heterocycles. The lowest BCUT2D eigenvalue weighted by molar-refractivity contribution is 0.168. The molecule has 0 atom stereocenters. The lowest BCUT2D eigenvalue weighted by atomic mass is 10.1. The van der Waals surface area contributed by atoms with Gasteiger partial charge in [-0.15, -0.1) is 0 Å². The summed E-state index contributed by atoms with van der Waals surface area (Å²) in [4.78, 5) is 15.9. The largest absolute Gasteiger partial charge is 0.450 e. The van der Waals surface area contributed by atoms with Crippen LogP contribution in [-0.4, -0.2) is 22.8 Å². The fraction of sp³-hybridized carbons (Fsp3) is 0.400. The van der Waals surface area contributed by atoms with E-state index in [1.165, 1.54) is 0 Å². The molecule has 1 aliphatic carbocycles. The van der Waals surface area contributed by atoms with E-state index in [1.807, 2.05) is 24.3 Å². The second-order valence-corrected chi connectivity index (χ2v) is 5.00. The average molecular weight is 287 g/mol. The second-order valence-electron chi connectivity index (χ2n) is 5.00. The zero-order valence-corrected chi connectivity index (χ0v) is 11.8. The lowest BCUT2D eigenvalue weighted by Gasteiger charge is -2.09. The maximum atomic E-state index is 11.5. The highest BCUT2D eigenvalue weighted by atomic mass is 16.5. The summed E-state index contributed by atoms with van der Waals surface area (Å²) >= 11 is 0. The summed E-state index contributed by atoms with van der Waals surface area (Å²) < 4.78 is 10.2. The molecule has 1 saturated carbocycles. The smallest absolute Gasteiger partial charge is 0.411 e. The van der Waals surface area contributed by atoms with Crippen LogP contribution in [0.4, 0.5) is 10.5 Å². The molecule has 6 nitrogen and oxygen atoms in total. The molecule has 6 heteroatoms. The second kappa shape index (κ2) is 5.95. The summed E-state index contributed by atoms with van der Waals surface area (Å²) in [5, 5.41) is 6.72. The van der Waals surface area contributed by atoms with Crippen molar-refractivity contribution in [1.82, 2.24) is 10.1 Å². The SMILES string of the molecule is CCOC(=O)Nc1ccccc1Cc1nc(C2CC2)no1. The predicted octanol–water partition coefficient (Wildman–Crippen LogP) is 3.11. The molecule has 21 heavy (non-hydrogen) atoms. The third-order valence-electron chi connectivity index (χ3n) is 3.30. The number of nitrogens with one attached hydrogen (secondary N) is 1. The van der Waals surface area contributed by atoms with Gasteiger partial charge in [-0.25, -0.2) is 4.79 Å². The van der Waals surface area contributed by atoms with E-state index in [9.17, 15) is 4.79 Å². The van der Waals surface area contributed by atoms with E-state index >= 15 is 0 Å². The van der Waals surface area contributed by atoms with Gasteiger partial charge < -0.3 is 9.26 Å². The van der Waals surface area contributed by atoms with Gasteiger partial charge in [0.15, 0.2) is 5.82 Å². The van der Waals surface area contributed by atoms with Crippen molar-refractivity contribution >= 4 is 11.8 Å². The van der Waals surface area contributed by atoms with Crippen LogP contribution in [0.1, 0.15) is 43.0 Å². The normalized spacial score (nSPS) is 14.0. The van der Waals surface area contributed by atoms with Crippen LogP contribution in [0.3, 0.4) is 0 Å². The number of amides is 1. The molecule has 1 aromatic heterocycles. The number of para-hydroxylation sites is 1. The van der Waals surface area contributed by atoms with Crippen LogP contribution in [0.15, 0.2) is 28.8 Å². The van der Waals surface area contributed by atoms with Crippen molar-refractivity contribution in [3.05, 3.63) is 41.5 Å². The first kappa shape index (κ1) is 13.6. The molecule has 0 bridgehead atoms. The summed E-state index contributed by atoms with van der Waals surface area (Å²) in [5.74, 6) is 1.83. The minimum Gasteiger partial charge on any atom is -0.450 e. The molecule has 110 valence electrons. The molecule has 0 saturated heterocycles. The fourth-order valence-electron chi connectivity index (χ4n) is 2.08. The third-order valence-corrected chi connectivity index (χ3v) is 3.30. The number of hydrogen-bond donors (Lipinski definition) is 1. The maximum absolute atomic E-state index is 11.5. The van der Waals surface area contributed by atoms with Gasteiger partial charge in [-0.2, -0.15) is 4.98 Å². The Labute approximate surface area is 122 Å². The quantitative estimate of drug-likeness (QED) is 0.914. The molecule has 1 amide bonds. The molecule has 2 aromatic rings. The highest BCUT2D eigenvalue weighted by molar-refractivity contribution is 5.85. The first-order chi connectivity index (χ1) is 10.3. The molecule has 0 unspecified atom stereocenters. The van der Waals surface area contributed by atoms with Crippen molar-refractivity contribution in [2.75, 3.05) is 11.9 Å². The monoisotopic (exact) mass is 287 g/mol. The molecule has 1 N–H and O–H groups in total. The Morgan fingerprint density at radius 3 is 3.00 bits per heavy atom. The molecule has 1 fully saturated rings. The molecular formula is C15H17N3O3. The number of rotatable bonds is 5. The Hall–Kier alpha value is -2.37. The lowest BCUT2D eigenvalue weighted by Crippen LogP contribution is -2.14. The number of carbonyl (C=O) groups excluding carboxylic acids is 1. The van der Waals surface area contributed by atoms with Gasteiger partial charge in [0, 0.05) is 11.6 Å². The Morgan fingerprint density at radius 1 is 1.43 bits per heavy atom. The number of carbonyl (C=O) groups is 1. The Bertz CT molecular complexity index is 635. The average Bonchev–Trinajstić information content (AvgIpc) is 3.22. The standard InChI is InChI=1S/C15H17N3O3/c1-2-20-15(19)16-12-6-4-3-5-11(12)9-13-17-14(18-21-13)10-7-8-10/h3-6,10H,2,7-9H2,1H3,(H,16,19). The van der Waals surface area contributed by atoms with E-state index in [2.05, 4.69) is 15.5 Å².